The van der Waals surface area contributed by atoms with Gasteiger partial charge in [-0.25, -0.2) is 4.98 Å². The molecule has 0 saturated heterocycles. The molecule has 0 bridgehead atoms. The van der Waals surface area contributed by atoms with Crippen molar-refractivity contribution in [1.82, 2.24) is 15.2 Å². The standard InChI is InChI=1S/C14H17N3O3/c1-17(2)14(19)9-15-12(18)7-8-13-16-10-5-3-4-6-11(10)20-13/h3-6H,7-9H2,1-2H3,(H,15,18). The van der Waals surface area contributed by atoms with E-state index in [2.05, 4.69) is 10.3 Å². The molecule has 0 aliphatic carbocycles. The zero-order chi connectivity index (χ0) is 14.5. The summed E-state index contributed by atoms with van der Waals surface area (Å²) in [5, 5.41) is 2.57. The van der Waals surface area contributed by atoms with E-state index in [0.29, 0.717) is 17.9 Å². The van der Waals surface area contributed by atoms with Crippen LogP contribution >= 0.6 is 0 Å². The molecule has 0 atom stereocenters. The first-order valence-electron chi connectivity index (χ1n) is 6.37. The molecule has 1 heterocycles. The Balaban J connectivity index is 1.82. The van der Waals surface area contributed by atoms with E-state index in [0.717, 1.165) is 5.52 Å². The van der Waals surface area contributed by atoms with Gasteiger partial charge in [0.2, 0.25) is 11.8 Å². The minimum Gasteiger partial charge on any atom is -0.441 e. The summed E-state index contributed by atoms with van der Waals surface area (Å²) in [7, 11) is 3.29. The van der Waals surface area contributed by atoms with Crippen LogP contribution < -0.4 is 5.32 Å². The third-order valence-electron chi connectivity index (χ3n) is 2.84. The molecule has 0 radical (unpaired) electrons. The molecule has 0 unspecified atom stereocenters. The van der Waals surface area contributed by atoms with Gasteiger partial charge in [-0.3, -0.25) is 9.59 Å². The van der Waals surface area contributed by atoms with Crippen molar-refractivity contribution in [3.63, 3.8) is 0 Å². The predicted molar refractivity (Wildman–Crippen MR) is 74.0 cm³/mol. The number of fused-ring (bicyclic) bond motifs is 1. The predicted octanol–water partition coefficient (Wildman–Crippen LogP) is 0.965. The van der Waals surface area contributed by atoms with Crippen molar-refractivity contribution in [2.75, 3.05) is 20.6 Å². The quantitative estimate of drug-likeness (QED) is 0.882. The second-order valence-corrected chi connectivity index (χ2v) is 4.64. The first kappa shape index (κ1) is 14.0. The summed E-state index contributed by atoms with van der Waals surface area (Å²) in [4.78, 5) is 28.6. The highest BCUT2D eigenvalue weighted by atomic mass is 16.3. The van der Waals surface area contributed by atoms with Crippen LogP contribution in [0.25, 0.3) is 11.1 Å². The van der Waals surface area contributed by atoms with E-state index in [-0.39, 0.29) is 24.8 Å². The smallest absolute Gasteiger partial charge is 0.241 e. The van der Waals surface area contributed by atoms with Crippen LogP contribution in [-0.2, 0) is 16.0 Å². The Morgan fingerprint density at radius 1 is 1.30 bits per heavy atom. The fraction of sp³-hybridized carbons (Fsp3) is 0.357. The molecule has 1 aromatic heterocycles. The van der Waals surface area contributed by atoms with Crippen LogP contribution in [0.3, 0.4) is 0 Å². The zero-order valence-electron chi connectivity index (χ0n) is 11.5. The Kier molecular flexibility index (Phi) is 4.34. The van der Waals surface area contributed by atoms with Crippen molar-refractivity contribution < 1.29 is 14.0 Å². The summed E-state index contributed by atoms with van der Waals surface area (Å²) in [6.07, 6.45) is 0.657. The Morgan fingerprint density at radius 2 is 2.05 bits per heavy atom. The Hall–Kier alpha value is -2.37. The SMILES string of the molecule is CN(C)C(=O)CNC(=O)CCc1nc2ccccc2o1. The van der Waals surface area contributed by atoms with Crippen LogP contribution in [0.15, 0.2) is 28.7 Å². The topological polar surface area (TPSA) is 75.4 Å². The van der Waals surface area contributed by atoms with Crippen LogP contribution in [0.5, 0.6) is 0 Å². The molecule has 1 N–H and O–H groups in total. The van der Waals surface area contributed by atoms with Gasteiger partial charge in [-0.2, -0.15) is 0 Å². The number of nitrogens with zero attached hydrogens (tertiary/aromatic N) is 2. The molecule has 1 aromatic carbocycles. The second-order valence-electron chi connectivity index (χ2n) is 4.64. The van der Waals surface area contributed by atoms with Gasteiger partial charge in [0.25, 0.3) is 0 Å². The van der Waals surface area contributed by atoms with Crippen LogP contribution in [0.4, 0.5) is 0 Å². The molecular formula is C14H17N3O3. The molecule has 0 spiro atoms. The summed E-state index contributed by atoms with van der Waals surface area (Å²) < 4.78 is 5.52. The average Bonchev–Trinajstić information content (AvgIpc) is 2.85. The molecule has 0 fully saturated rings. The number of nitrogens with one attached hydrogen (secondary N) is 1. The Bertz CT molecular complexity index is 586. The number of hydrogen-bond donors (Lipinski definition) is 1. The van der Waals surface area contributed by atoms with Gasteiger partial charge in [0, 0.05) is 26.9 Å². The van der Waals surface area contributed by atoms with Gasteiger partial charge in [0.1, 0.15) is 5.52 Å². The van der Waals surface area contributed by atoms with E-state index >= 15 is 0 Å². The minimum atomic E-state index is -0.192. The number of hydrogen-bond acceptors (Lipinski definition) is 4. The molecule has 2 amide bonds. The maximum absolute atomic E-state index is 11.6. The van der Waals surface area contributed by atoms with Crippen LogP contribution in [0, 0.1) is 0 Å². The summed E-state index contributed by atoms with van der Waals surface area (Å²) in [6.45, 7) is 0.0133. The van der Waals surface area contributed by atoms with E-state index in [9.17, 15) is 9.59 Å². The van der Waals surface area contributed by atoms with E-state index in [1.807, 2.05) is 24.3 Å². The van der Waals surface area contributed by atoms with Crippen molar-refractivity contribution in [2.24, 2.45) is 0 Å². The Morgan fingerprint density at radius 3 is 2.75 bits per heavy atom. The summed E-state index contributed by atoms with van der Waals surface area (Å²) in [6, 6.07) is 7.45. The van der Waals surface area contributed by atoms with Crippen molar-refractivity contribution >= 4 is 22.9 Å². The number of aromatic nitrogens is 1. The summed E-state index contributed by atoms with van der Waals surface area (Å²) in [5.41, 5.74) is 1.50. The van der Waals surface area contributed by atoms with Gasteiger partial charge in [-0.05, 0) is 12.1 Å². The first-order valence-corrected chi connectivity index (χ1v) is 6.37. The van der Waals surface area contributed by atoms with Crippen LogP contribution in [-0.4, -0.2) is 42.3 Å². The molecule has 2 aromatic rings. The molecular weight excluding hydrogens is 258 g/mol. The fourth-order valence-corrected chi connectivity index (χ4v) is 1.67. The van der Waals surface area contributed by atoms with Crippen LogP contribution in [0.2, 0.25) is 0 Å². The number of rotatable bonds is 5. The number of para-hydroxylation sites is 2. The van der Waals surface area contributed by atoms with Crippen molar-refractivity contribution in [1.29, 1.82) is 0 Å². The highest BCUT2D eigenvalue weighted by Crippen LogP contribution is 2.15. The van der Waals surface area contributed by atoms with Crippen molar-refractivity contribution in [2.45, 2.75) is 12.8 Å². The minimum absolute atomic E-state index is 0.0133. The third kappa shape index (κ3) is 3.57. The van der Waals surface area contributed by atoms with E-state index in [1.165, 1.54) is 4.90 Å². The van der Waals surface area contributed by atoms with E-state index in [4.69, 9.17) is 4.42 Å². The molecule has 0 aliphatic heterocycles. The number of carbonyl (C=O) groups excluding carboxylic acids is 2. The third-order valence-corrected chi connectivity index (χ3v) is 2.84. The number of benzene rings is 1. The van der Waals surface area contributed by atoms with Crippen molar-refractivity contribution in [3.8, 4) is 0 Å². The molecule has 106 valence electrons. The number of aryl methyl sites for hydroxylation is 1. The Labute approximate surface area is 116 Å². The summed E-state index contributed by atoms with van der Waals surface area (Å²) >= 11 is 0. The van der Waals surface area contributed by atoms with Crippen molar-refractivity contribution in [3.05, 3.63) is 30.2 Å². The normalized spacial score (nSPS) is 10.5. The maximum Gasteiger partial charge on any atom is 0.241 e. The lowest BCUT2D eigenvalue weighted by Crippen LogP contribution is -2.36. The number of carbonyl (C=O) groups is 2. The molecule has 6 nitrogen and oxygen atoms in total. The lowest BCUT2D eigenvalue weighted by molar-refractivity contribution is -0.130. The lowest BCUT2D eigenvalue weighted by Gasteiger charge is -2.10. The van der Waals surface area contributed by atoms with E-state index in [1.54, 1.807) is 14.1 Å². The molecule has 2 rings (SSSR count). The lowest BCUT2D eigenvalue weighted by atomic mass is 10.3. The maximum atomic E-state index is 11.6. The van der Waals surface area contributed by atoms with Gasteiger partial charge >= 0.3 is 0 Å². The number of oxazole rings is 1. The van der Waals surface area contributed by atoms with Gasteiger partial charge in [0.15, 0.2) is 11.5 Å². The van der Waals surface area contributed by atoms with Gasteiger partial charge in [-0.15, -0.1) is 0 Å². The largest absolute Gasteiger partial charge is 0.441 e. The van der Waals surface area contributed by atoms with E-state index < -0.39 is 0 Å². The van der Waals surface area contributed by atoms with Gasteiger partial charge < -0.3 is 14.6 Å². The number of likely N-dealkylation sites (N-methyl/N-ethyl adjacent to an activating group) is 1. The highest BCUT2D eigenvalue weighted by Gasteiger charge is 2.10. The molecule has 6 heteroatoms. The summed E-state index contributed by atoms with van der Waals surface area (Å²) in [5.74, 6) is 0.197. The highest BCUT2D eigenvalue weighted by molar-refractivity contribution is 5.84. The zero-order valence-corrected chi connectivity index (χ0v) is 11.5. The number of amides is 2. The van der Waals surface area contributed by atoms with Crippen LogP contribution in [0.1, 0.15) is 12.3 Å². The first-order chi connectivity index (χ1) is 9.56. The van der Waals surface area contributed by atoms with Gasteiger partial charge in [-0.1, -0.05) is 12.1 Å². The fourth-order valence-electron chi connectivity index (χ4n) is 1.67. The second kappa shape index (κ2) is 6.18. The molecule has 0 aliphatic rings. The molecule has 20 heavy (non-hydrogen) atoms. The monoisotopic (exact) mass is 275 g/mol. The average molecular weight is 275 g/mol. The molecule has 0 saturated carbocycles. The van der Waals surface area contributed by atoms with Gasteiger partial charge in [0.05, 0.1) is 6.54 Å².